The molecule has 0 bridgehead atoms. The van der Waals surface area contributed by atoms with E-state index in [-0.39, 0.29) is 11.9 Å². The second-order valence-electron chi connectivity index (χ2n) is 4.70. The van der Waals surface area contributed by atoms with E-state index >= 15 is 0 Å². The fraction of sp³-hybridized carbons (Fsp3) is 0.417. The molecule has 2 aromatic heterocycles. The van der Waals surface area contributed by atoms with Crippen LogP contribution in [-0.2, 0) is 4.79 Å². The lowest BCUT2D eigenvalue weighted by Gasteiger charge is -2.17. The second kappa shape index (κ2) is 5.13. The van der Waals surface area contributed by atoms with E-state index in [4.69, 9.17) is 5.73 Å². The smallest absolute Gasteiger partial charge is 0.242 e. The lowest BCUT2D eigenvalue weighted by molar-refractivity contribution is -0.122. The normalized spacial score (nSPS) is 12.6. The van der Waals surface area contributed by atoms with E-state index in [1.807, 2.05) is 13.8 Å². The number of hydrogen-bond acceptors (Lipinski definition) is 5. The maximum Gasteiger partial charge on any atom is 0.242 e. The van der Waals surface area contributed by atoms with Gasteiger partial charge in [-0.3, -0.25) is 4.79 Å². The van der Waals surface area contributed by atoms with Crippen molar-refractivity contribution in [3.05, 3.63) is 18.6 Å². The molecule has 0 aliphatic carbocycles. The maximum absolute atomic E-state index is 11.9. The molecule has 0 saturated heterocycles. The van der Waals surface area contributed by atoms with Crippen molar-refractivity contribution in [2.45, 2.75) is 32.9 Å². The second-order valence-corrected chi connectivity index (χ2v) is 4.70. The van der Waals surface area contributed by atoms with Gasteiger partial charge in [0, 0.05) is 18.4 Å². The Labute approximate surface area is 111 Å². The SMILES string of the molecule is CC(C)NC(=O)C(C)Nc1nc(N)cn2ccnc12. The van der Waals surface area contributed by atoms with Gasteiger partial charge in [-0.25, -0.2) is 9.97 Å². The van der Waals surface area contributed by atoms with Gasteiger partial charge in [-0.05, 0) is 20.8 Å². The minimum atomic E-state index is -0.419. The van der Waals surface area contributed by atoms with Crippen molar-refractivity contribution in [2.24, 2.45) is 0 Å². The van der Waals surface area contributed by atoms with Crippen LogP contribution in [-0.4, -0.2) is 32.4 Å². The summed E-state index contributed by atoms with van der Waals surface area (Å²) in [5, 5.41) is 5.86. The van der Waals surface area contributed by atoms with Gasteiger partial charge in [0.05, 0.1) is 6.20 Å². The molecule has 2 aromatic rings. The van der Waals surface area contributed by atoms with Crippen LogP contribution in [0.3, 0.4) is 0 Å². The maximum atomic E-state index is 11.9. The number of nitrogen functional groups attached to an aromatic ring is 1. The average Bonchev–Trinajstić information content (AvgIpc) is 2.75. The van der Waals surface area contributed by atoms with Gasteiger partial charge in [-0.2, -0.15) is 0 Å². The molecular weight excluding hydrogens is 244 g/mol. The minimum Gasteiger partial charge on any atom is -0.382 e. The van der Waals surface area contributed by atoms with E-state index in [0.29, 0.717) is 17.3 Å². The number of fused-ring (bicyclic) bond motifs is 1. The van der Waals surface area contributed by atoms with Crippen molar-refractivity contribution in [2.75, 3.05) is 11.1 Å². The molecule has 0 saturated carbocycles. The number of carbonyl (C=O) groups is 1. The molecular formula is C12H18N6O. The van der Waals surface area contributed by atoms with Crippen molar-refractivity contribution in [1.82, 2.24) is 19.7 Å². The summed E-state index contributed by atoms with van der Waals surface area (Å²) >= 11 is 0. The predicted octanol–water partition coefficient (Wildman–Crippen LogP) is 0.637. The highest BCUT2D eigenvalue weighted by Gasteiger charge is 2.16. The van der Waals surface area contributed by atoms with Crippen LogP contribution in [0.5, 0.6) is 0 Å². The van der Waals surface area contributed by atoms with Gasteiger partial charge >= 0.3 is 0 Å². The molecule has 2 heterocycles. The van der Waals surface area contributed by atoms with E-state index in [9.17, 15) is 4.79 Å². The predicted molar refractivity (Wildman–Crippen MR) is 73.8 cm³/mol. The van der Waals surface area contributed by atoms with Crippen LogP contribution in [0, 0.1) is 0 Å². The van der Waals surface area contributed by atoms with Crippen LogP contribution in [0.4, 0.5) is 11.6 Å². The van der Waals surface area contributed by atoms with Crippen LogP contribution in [0.1, 0.15) is 20.8 Å². The molecule has 7 heteroatoms. The van der Waals surface area contributed by atoms with E-state index in [1.54, 1.807) is 29.9 Å². The van der Waals surface area contributed by atoms with Gasteiger partial charge in [0.25, 0.3) is 0 Å². The van der Waals surface area contributed by atoms with Gasteiger partial charge < -0.3 is 20.8 Å². The number of rotatable bonds is 4. The highest BCUT2D eigenvalue weighted by atomic mass is 16.2. The molecule has 1 atom stereocenters. The Hall–Kier alpha value is -2.31. The molecule has 0 spiro atoms. The molecule has 0 radical (unpaired) electrons. The highest BCUT2D eigenvalue weighted by Crippen LogP contribution is 2.15. The number of amides is 1. The van der Waals surface area contributed by atoms with Gasteiger partial charge in [0.1, 0.15) is 11.9 Å². The quantitative estimate of drug-likeness (QED) is 0.751. The fourth-order valence-electron chi connectivity index (χ4n) is 1.73. The van der Waals surface area contributed by atoms with Crippen molar-refractivity contribution in [1.29, 1.82) is 0 Å². The van der Waals surface area contributed by atoms with Crippen LogP contribution in [0.2, 0.25) is 0 Å². The number of imidazole rings is 1. The molecule has 1 amide bonds. The molecule has 4 N–H and O–H groups in total. The van der Waals surface area contributed by atoms with E-state index < -0.39 is 6.04 Å². The Bertz CT molecular complexity index is 591. The first kappa shape index (κ1) is 13.1. The average molecular weight is 262 g/mol. The Morgan fingerprint density at radius 2 is 2.16 bits per heavy atom. The number of anilines is 2. The topological polar surface area (TPSA) is 97.3 Å². The Kier molecular flexibility index (Phi) is 3.55. The van der Waals surface area contributed by atoms with Crippen molar-refractivity contribution >= 4 is 23.2 Å². The Morgan fingerprint density at radius 3 is 2.84 bits per heavy atom. The lowest BCUT2D eigenvalue weighted by atomic mass is 10.3. The van der Waals surface area contributed by atoms with Crippen LogP contribution < -0.4 is 16.4 Å². The molecule has 0 aliphatic rings. The summed E-state index contributed by atoms with van der Waals surface area (Å²) in [7, 11) is 0. The zero-order valence-electron chi connectivity index (χ0n) is 11.2. The Morgan fingerprint density at radius 1 is 1.42 bits per heavy atom. The summed E-state index contributed by atoms with van der Waals surface area (Å²) in [6.07, 6.45) is 5.10. The monoisotopic (exact) mass is 262 g/mol. The van der Waals surface area contributed by atoms with Crippen molar-refractivity contribution < 1.29 is 4.79 Å². The molecule has 7 nitrogen and oxygen atoms in total. The van der Waals surface area contributed by atoms with E-state index in [0.717, 1.165) is 0 Å². The molecule has 102 valence electrons. The summed E-state index contributed by atoms with van der Waals surface area (Å²) in [4.78, 5) is 20.2. The van der Waals surface area contributed by atoms with Gasteiger partial charge in [0.15, 0.2) is 11.5 Å². The summed E-state index contributed by atoms with van der Waals surface area (Å²) in [6, 6.07) is -0.325. The van der Waals surface area contributed by atoms with Crippen molar-refractivity contribution in [3.63, 3.8) is 0 Å². The first-order valence-corrected chi connectivity index (χ1v) is 6.13. The molecule has 0 aromatic carbocycles. The van der Waals surface area contributed by atoms with Crippen LogP contribution in [0.25, 0.3) is 5.65 Å². The number of hydrogen-bond donors (Lipinski definition) is 3. The highest BCUT2D eigenvalue weighted by molar-refractivity contribution is 5.85. The summed E-state index contributed by atoms with van der Waals surface area (Å²) < 4.78 is 1.76. The number of aromatic nitrogens is 3. The van der Waals surface area contributed by atoms with Gasteiger partial charge in [-0.15, -0.1) is 0 Å². The molecule has 0 fully saturated rings. The largest absolute Gasteiger partial charge is 0.382 e. The third-order valence-electron chi connectivity index (χ3n) is 2.57. The van der Waals surface area contributed by atoms with E-state index in [2.05, 4.69) is 20.6 Å². The minimum absolute atomic E-state index is 0.0936. The number of nitrogens with zero attached hydrogens (tertiary/aromatic N) is 3. The van der Waals surface area contributed by atoms with Crippen LogP contribution >= 0.6 is 0 Å². The van der Waals surface area contributed by atoms with E-state index in [1.165, 1.54) is 0 Å². The molecule has 2 rings (SSSR count). The first-order chi connectivity index (χ1) is 8.97. The summed E-state index contributed by atoms with van der Waals surface area (Å²) in [5.74, 6) is 0.768. The lowest BCUT2D eigenvalue weighted by Crippen LogP contribution is -2.41. The Balaban J connectivity index is 2.21. The zero-order chi connectivity index (χ0) is 14.0. The number of nitrogens with one attached hydrogen (secondary N) is 2. The molecule has 19 heavy (non-hydrogen) atoms. The standard InChI is InChI=1S/C12H18N6O/c1-7(2)15-12(19)8(3)16-10-11-14-4-5-18(11)6-9(13)17-10/h4-8H,13H2,1-3H3,(H,15,19)(H,16,17). The fourth-order valence-corrected chi connectivity index (χ4v) is 1.73. The molecule has 0 aliphatic heterocycles. The van der Waals surface area contributed by atoms with Crippen molar-refractivity contribution in [3.8, 4) is 0 Å². The number of nitrogens with two attached hydrogens (primary N) is 1. The summed E-state index contributed by atoms with van der Waals surface area (Å²) in [5.41, 5.74) is 6.35. The molecule has 1 unspecified atom stereocenters. The third-order valence-corrected chi connectivity index (χ3v) is 2.57. The van der Waals surface area contributed by atoms with Gasteiger partial charge in [-0.1, -0.05) is 0 Å². The first-order valence-electron chi connectivity index (χ1n) is 6.13. The summed E-state index contributed by atoms with van der Waals surface area (Å²) in [6.45, 7) is 5.59. The third kappa shape index (κ3) is 2.93. The van der Waals surface area contributed by atoms with Crippen LogP contribution in [0.15, 0.2) is 18.6 Å². The van der Waals surface area contributed by atoms with Gasteiger partial charge in [0.2, 0.25) is 5.91 Å². The number of carbonyl (C=O) groups excluding carboxylic acids is 1. The zero-order valence-corrected chi connectivity index (χ0v) is 11.2.